The van der Waals surface area contributed by atoms with Gasteiger partial charge in [0, 0.05) is 6.07 Å². The zero-order valence-corrected chi connectivity index (χ0v) is 16.2. The van der Waals surface area contributed by atoms with Gasteiger partial charge in [-0.3, -0.25) is 9.69 Å². The normalized spacial score (nSPS) is 11.1. The zero-order valence-electron chi connectivity index (χ0n) is 15.4. The minimum atomic E-state index is -0.218. The van der Waals surface area contributed by atoms with Crippen LogP contribution in [0, 0.1) is 20.8 Å². The van der Waals surface area contributed by atoms with E-state index in [1.54, 1.807) is 17.9 Å². The number of carbonyl (C=O) groups excluding carboxylic acids is 1. The Bertz CT molecular complexity index is 1120. The van der Waals surface area contributed by atoms with Gasteiger partial charge in [-0.1, -0.05) is 52.9 Å². The number of thiazole rings is 1. The number of benzene rings is 2. The summed E-state index contributed by atoms with van der Waals surface area (Å²) in [6.45, 7) is 6.32. The van der Waals surface area contributed by atoms with Crippen molar-refractivity contribution in [2.45, 2.75) is 27.3 Å². The molecule has 0 unspecified atom stereocenters. The van der Waals surface area contributed by atoms with Crippen LogP contribution in [-0.4, -0.2) is 16.0 Å². The molecule has 136 valence electrons. The fourth-order valence-corrected chi connectivity index (χ4v) is 4.09. The molecule has 4 aromatic rings. The Morgan fingerprint density at radius 3 is 2.59 bits per heavy atom. The average Bonchev–Trinajstić information content (AvgIpc) is 3.26. The average molecular weight is 377 g/mol. The van der Waals surface area contributed by atoms with Crippen LogP contribution in [0.4, 0.5) is 5.13 Å². The van der Waals surface area contributed by atoms with E-state index in [9.17, 15) is 4.79 Å². The van der Waals surface area contributed by atoms with Gasteiger partial charge in [0.25, 0.3) is 5.91 Å². The Hall–Kier alpha value is -2.99. The molecule has 6 heteroatoms. The maximum atomic E-state index is 13.2. The molecule has 0 saturated heterocycles. The van der Waals surface area contributed by atoms with Crippen LogP contribution in [0.15, 0.2) is 53.1 Å². The second-order valence-electron chi connectivity index (χ2n) is 6.63. The largest absolute Gasteiger partial charge is 0.361 e. The van der Waals surface area contributed by atoms with Crippen LogP contribution < -0.4 is 4.90 Å². The van der Waals surface area contributed by atoms with Crippen molar-refractivity contribution in [3.63, 3.8) is 0 Å². The lowest BCUT2D eigenvalue weighted by Crippen LogP contribution is -2.30. The van der Waals surface area contributed by atoms with Gasteiger partial charge in [0.2, 0.25) is 0 Å². The molecule has 2 heterocycles. The van der Waals surface area contributed by atoms with Gasteiger partial charge < -0.3 is 4.52 Å². The van der Waals surface area contributed by atoms with Crippen molar-refractivity contribution in [3.8, 4) is 0 Å². The summed E-state index contributed by atoms with van der Waals surface area (Å²) >= 11 is 1.53. The summed E-state index contributed by atoms with van der Waals surface area (Å²) < 4.78 is 6.20. The number of hydrogen-bond acceptors (Lipinski definition) is 5. The molecule has 0 aliphatic rings. The van der Waals surface area contributed by atoms with Gasteiger partial charge in [0.05, 0.1) is 16.8 Å². The van der Waals surface area contributed by atoms with Crippen LogP contribution in [-0.2, 0) is 6.54 Å². The smallest absolute Gasteiger partial charge is 0.282 e. The number of aromatic nitrogens is 2. The highest BCUT2D eigenvalue weighted by molar-refractivity contribution is 7.22. The molecule has 27 heavy (non-hydrogen) atoms. The quantitative estimate of drug-likeness (QED) is 0.499. The molecule has 0 atom stereocenters. The lowest BCUT2D eigenvalue weighted by molar-refractivity contribution is 0.0976. The number of carbonyl (C=O) groups is 1. The molecule has 0 bridgehead atoms. The summed E-state index contributed by atoms with van der Waals surface area (Å²) in [4.78, 5) is 19.6. The molecular weight excluding hydrogens is 358 g/mol. The van der Waals surface area contributed by atoms with Crippen molar-refractivity contribution in [3.05, 3.63) is 76.7 Å². The van der Waals surface area contributed by atoms with E-state index in [1.165, 1.54) is 11.3 Å². The van der Waals surface area contributed by atoms with Crippen molar-refractivity contribution in [1.82, 2.24) is 10.1 Å². The molecule has 2 aromatic heterocycles. The summed E-state index contributed by atoms with van der Waals surface area (Å²) in [5, 5.41) is 4.56. The molecule has 0 aliphatic carbocycles. The van der Waals surface area contributed by atoms with E-state index < -0.39 is 0 Å². The van der Waals surface area contributed by atoms with E-state index in [-0.39, 0.29) is 11.6 Å². The highest BCUT2D eigenvalue weighted by atomic mass is 32.1. The summed E-state index contributed by atoms with van der Waals surface area (Å²) in [6.07, 6.45) is 0. The van der Waals surface area contributed by atoms with Crippen LogP contribution in [0.3, 0.4) is 0 Å². The lowest BCUT2D eigenvalue weighted by atomic mass is 10.1. The molecule has 0 N–H and O–H groups in total. The minimum Gasteiger partial charge on any atom is -0.361 e. The van der Waals surface area contributed by atoms with Crippen LogP contribution in [0.2, 0.25) is 0 Å². The third kappa shape index (κ3) is 3.48. The van der Waals surface area contributed by atoms with Crippen molar-refractivity contribution in [2.24, 2.45) is 0 Å². The molecule has 4 rings (SSSR count). The fourth-order valence-electron chi connectivity index (χ4n) is 3.08. The van der Waals surface area contributed by atoms with Crippen molar-refractivity contribution < 1.29 is 9.32 Å². The highest BCUT2D eigenvalue weighted by Gasteiger charge is 2.24. The van der Waals surface area contributed by atoms with Crippen LogP contribution in [0.25, 0.3) is 10.2 Å². The summed E-state index contributed by atoms with van der Waals surface area (Å²) in [7, 11) is 0. The molecule has 0 spiro atoms. The van der Waals surface area contributed by atoms with E-state index in [0.29, 0.717) is 17.4 Å². The number of rotatable bonds is 4. The van der Waals surface area contributed by atoms with Gasteiger partial charge in [-0.2, -0.15) is 0 Å². The molecule has 0 fully saturated rings. The van der Waals surface area contributed by atoms with Crippen molar-refractivity contribution in [2.75, 3.05) is 4.90 Å². The Morgan fingerprint density at radius 1 is 1.11 bits per heavy atom. The number of hydrogen-bond donors (Lipinski definition) is 0. The predicted octanol–water partition coefficient (Wildman–Crippen LogP) is 5.06. The van der Waals surface area contributed by atoms with Gasteiger partial charge in [0.1, 0.15) is 5.76 Å². The maximum Gasteiger partial charge on any atom is 0.282 e. The predicted molar refractivity (Wildman–Crippen MR) is 107 cm³/mol. The second-order valence-corrected chi connectivity index (χ2v) is 7.60. The standard InChI is InChI=1S/C21H19N3O2S/c1-13-9-14(2)19-17(10-13)22-21(27-19)24(12-16-7-5-4-6-8-16)20(25)18-11-15(3)26-23-18/h4-11H,12H2,1-3H3. The van der Waals surface area contributed by atoms with Crippen LogP contribution in [0.5, 0.6) is 0 Å². The molecular formula is C21H19N3O2S. The molecule has 0 radical (unpaired) electrons. The maximum absolute atomic E-state index is 13.2. The Balaban J connectivity index is 1.79. The van der Waals surface area contributed by atoms with Gasteiger partial charge in [0.15, 0.2) is 10.8 Å². The SMILES string of the molecule is Cc1cc(C)c2sc(N(Cc3ccccc3)C(=O)c3cc(C)on3)nc2c1. The summed E-state index contributed by atoms with van der Waals surface area (Å²) in [5.74, 6) is 0.387. The minimum absolute atomic E-state index is 0.218. The van der Waals surface area contributed by atoms with E-state index in [4.69, 9.17) is 9.51 Å². The lowest BCUT2D eigenvalue weighted by Gasteiger charge is -2.18. The molecule has 0 aliphatic heterocycles. The highest BCUT2D eigenvalue weighted by Crippen LogP contribution is 2.33. The van der Waals surface area contributed by atoms with Gasteiger partial charge in [-0.05, 0) is 43.5 Å². The molecule has 2 aromatic carbocycles. The number of amides is 1. The fraction of sp³-hybridized carbons (Fsp3) is 0.190. The number of fused-ring (bicyclic) bond motifs is 1. The Morgan fingerprint density at radius 2 is 1.89 bits per heavy atom. The van der Waals surface area contributed by atoms with Crippen LogP contribution >= 0.6 is 11.3 Å². The first-order valence-corrected chi connectivity index (χ1v) is 9.50. The molecule has 1 amide bonds. The molecule has 5 nitrogen and oxygen atoms in total. The number of aryl methyl sites for hydroxylation is 3. The van der Waals surface area contributed by atoms with E-state index in [1.807, 2.05) is 36.4 Å². The third-order valence-electron chi connectivity index (χ3n) is 4.32. The first-order valence-electron chi connectivity index (χ1n) is 8.68. The molecule has 0 saturated carbocycles. The Kier molecular flexibility index (Phi) is 4.49. The van der Waals surface area contributed by atoms with Crippen molar-refractivity contribution in [1.29, 1.82) is 0 Å². The zero-order chi connectivity index (χ0) is 19.0. The van der Waals surface area contributed by atoms with Gasteiger partial charge in [-0.15, -0.1) is 0 Å². The van der Waals surface area contributed by atoms with E-state index >= 15 is 0 Å². The monoisotopic (exact) mass is 377 g/mol. The number of nitrogens with zero attached hydrogens (tertiary/aromatic N) is 3. The topological polar surface area (TPSA) is 59.2 Å². The van der Waals surface area contributed by atoms with Crippen molar-refractivity contribution >= 4 is 32.6 Å². The second kappa shape index (κ2) is 6.96. The van der Waals surface area contributed by atoms with Gasteiger partial charge >= 0.3 is 0 Å². The van der Waals surface area contributed by atoms with Gasteiger partial charge in [-0.25, -0.2) is 4.98 Å². The summed E-state index contributed by atoms with van der Waals surface area (Å²) in [5.41, 5.74) is 4.55. The van der Waals surface area contributed by atoms with E-state index in [2.05, 4.69) is 25.1 Å². The third-order valence-corrected chi connectivity index (χ3v) is 5.54. The first kappa shape index (κ1) is 17.4. The van der Waals surface area contributed by atoms with E-state index in [0.717, 1.165) is 26.9 Å². The van der Waals surface area contributed by atoms with Crippen LogP contribution in [0.1, 0.15) is 32.9 Å². The first-order chi connectivity index (χ1) is 13.0. The summed E-state index contributed by atoms with van der Waals surface area (Å²) in [6, 6.07) is 15.7. The number of anilines is 1. The Labute approximate surface area is 161 Å².